The second kappa shape index (κ2) is 8.01. The van der Waals surface area contributed by atoms with Gasteiger partial charge in [-0.2, -0.15) is 4.31 Å². The van der Waals surface area contributed by atoms with Gasteiger partial charge in [-0.05, 0) is 42.8 Å². The van der Waals surface area contributed by atoms with Gasteiger partial charge in [0.1, 0.15) is 0 Å². The summed E-state index contributed by atoms with van der Waals surface area (Å²) in [6, 6.07) is 24.0. The summed E-state index contributed by atoms with van der Waals surface area (Å²) < 4.78 is 27.2. The van der Waals surface area contributed by atoms with Gasteiger partial charge < -0.3 is 0 Å². The molecule has 0 heterocycles. The van der Waals surface area contributed by atoms with Crippen LogP contribution in [0.3, 0.4) is 0 Å². The summed E-state index contributed by atoms with van der Waals surface area (Å²) in [4.78, 5) is 12.9. The highest BCUT2D eigenvalue weighted by Gasteiger charge is 2.29. The molecular weight excluding hydrogens is 358 g/mol. The van der Waals surface area contributed by atoms with Crippen molar-refractivity contribution in [3.63, 3.8) is 0 Å². The molecule has 0 N–H and O–H groups in total. The van der Waals surface area contributed by atoms with Crippen molar-refractivity contribution in [2.75, 3.05) is 4.31 Å². The van der Waals surface area contributed by atoms with E-state index in [9.17, 15) is 13.2 Å². The van der Waals surface area contributed by atoms with E-state index < -0.39 is 15.9 Å². The Morgan fingerprint density at radius 1 is 0.815 bits per heavy atom. The Labute approximate surface area is 159 Å². The molecule has 0 atom stereocenters. The van der Waals surface area contributed by atoms with Crippen molar-refractivity contribution in [3.8, 4) is 0 Å². The average Bonchev–Trinajstić information content (AvgIpc) is 2.68. The number of nitrogens with zero attached hydrogens (tertiary/aromatic N) is 1. The first-order valence-corrected chi connectivity index (χ1v) is 9.86. The molecule has 0 fully saturated rings. The summed E-state index contributed by atoms with van der Waals surface area (Å²) in [5.74, 6) is -0.634. The second-order valence-electron chi connectivity index (χ2n) is 6.00. The smallest absolute Gasteiger partial charge is 0.268 e. The minimum Gasteiger partial charge on any atom is -0.268 e. The molecule has 0 aliphatic carbocycles. The van der Waals surface area contributed by atoms with Gasteiger partial charge in [0.2, 0.25) is 0 Å². The van der Waals surface area contributed by atoms with Gasteiger partial charge >= 0.3 is 0 Å². The highest BCUT2D eigenvalue weighted by molar-refractivity contribution is 7.93. The van der Waals surface area contributed by atoms with Gasteiger partial charge in [-0.1, -0.05) is 66.2 Å². The topological polar surface area (TPSA) is 54.5 Å². The van der Waals surface area contributed by atoms with Crippen LogP contribution in [-0.2, 0) is 14.8 Å². The first-order valence-electron chi connectivity index (χ1n) is 8.42. The summed E-state index contributed by atoms with van der Waals surface area (Å²) in [5, 5.41) is 0. The molecule has 0 unspecified atom stereocenters. The zero-order valence-electron chi connectivity index (χ0n) is 14.8. The maximum atomic E-state index is 13.2. The van der Waals surface area contributed by atoms with Crippen LogP contribution in [0.5, 0.6) is 0 Å². The fraction of sp³-hybridized carbons (Fsp3) is 0.0455. The number of rotatable bonds is 5. The summed E-state index contributed by atoms with van der Waals surface area (Å²) >= 11 is 0. The summed E-state index contributed by atoms with van der Waals surface area (Å²) in [7, 11) is -4.04. The molecule has 136 valence electrons. The average molecular weight is 377 g/mol. The normalized spacial score (nSPS) is 11.4. The lowest BCUT2D eigenvalue weighted by atomic mass is 10.2. The molecule has 0 radical (unpaired) electrons. The Bertz CT molecular complexity index is 1040. The van der Waals surface area contributed by atoms with Crippen molar-refractivity contribution >= 4 is 27.7 Å². The number of benzene rings is 3. The molecule has 0 saturated heterocycles. The van der Waals surface area contributed by atoms with Crippen LogP contribution in [0, 0.1) is 6.92 Å². The number of carbonyl (C=O) groups excluding carboxylic acids is 1. The predicted molar refractivity (Wildman–Crippen MR) is 108 cm³/mol. The van der Waals surface area contributed by atoms with Crippen LogP contribution in [0.1, 0.15) is 11.1 Å². The first kappa shape index (κ1) is 18.6. The number of hydrogen-bond donors (Lipinski definition) is 0. The lowest BCUT2D eigenvalue weighted by molar-refractivity contribution is -0.113. The minimum absolute atomic E-state index is 0.0680. The standard InChI is InChI=1S/C22H19NO3S/c1-18-12-15-21(16-13-18)27(25,26)23(20-10-6-3-7-11-20)22(24)17-14-19-8-4-2-5-9-19/h2-17H,1H3. The van der Waals surface area contributed by atoms with Crippen molar-refractivity contribution in [2.24, 2.45) is 0 Å². The minimum atomic E-state index is -4.04. The van der Waals surface area contributed by atoms with Crippen LogP contribution >= 0.6 is 0 Å². The number of para-hydroxylation sites is 1. The van der Waals surface area contributed by atoms with Crippen molar-refractivity contribution < 1.29 is 13.2 Å². The lowest BCUT2D eigenvalue weighted by Gasteiger charge is -2.21. The Kier molecular flexibility index (Phi) is 5.52. The van der Waals surface area contributed by atoms with Crippen LogP contribution in [0.15, 0.2) is 95.9 Å². The zero-order chi connectivity index (χ0) is 19.3. The number of hydrogen-bond acceptors (Lipinski definition) is 3. The third kappa shape index (κ3) is 4.33. The lowest BCUT2D eigenvalue weighted by Crippen LogP contribution is -2.35. The molecular formula is C22H19NO3S. The number of amides is 1. The van der Waals surface area contributed by atoms with Gasteiger partial charge in [-0.15, -0.1) is 0 Å². The van der Waals surface area contributed by atoms with Gasteiger partial charge in [-0.3, -0.25) is 4.79 Å². The molecule has 0 aliphatic heterocycles. The molecule has 0 aromatic heterocycles. The molecule has 0 saturated carbocycles. The first-order chi connectivity index (χ1) is 13.0. The van der Waals surface area contributed by atoms with E-state index >= 15 is 0 Å². The third-order valence-electron chi connectivity index (χ3n) is 3.97. The van der Waals surface area contributed by atoms with Crippen molar-refractivity contribution in [1.29, 1.82) is 0 Å². The van der Waals surface area contributed by atoms with E-state index in [1.165, 1.54) is 18.2 Å². The summed E-state index contributed by atoms with van der Waals surface area (Å²) in [6.07, 6.45) is 2.87. The molecule has 1 amide bonds. The Morgan fingerprint density at radius 3 is 1.96 bits per heavy atom. The van der Waals surface area contributed by atoms with Crippen LogP contribution in [0.4, 0.5) is 5.69 Å². The molecule has 5 heteroatoms. The van der Waals surface area contributed by atoms with E-state index in [0.717, 1.165) is 15.4 Å². The summed E-state index contributed by atoms with van der Waals surface area (Å²) in [6.45, 7) is 1.87. The van der Waals surface area contributed by atoms with Gasteiger partial charge in [-0.25, -0.2) is 8.42 Å². The van der Waals surface area contributed by atoms with E-state index in [1.54, 1.807) is 48.5 Å². The van der Waals surface area contributed by atoms with Crippen molar-refractivity contribution in [2.45, 2.75) is 11.8 Å². The fourth-order valence-corrected chi connectivity index (χ4v) is 3.95. The Morgan fingerprint density at radius 2 is 1.37 bits per heavy atom. The van der Waals surface area contributed by atoms with Gasteiger partial charge in [0, 0.05) is 6.08 Å². The maximum Gasteiger partial charge on any atom is 0.271 e. The van der Waals surface area contributed by atoms with Crippen molar-refractivity contribution in [3.05, 3.63) is 102 Å². The maximum absolute atomic E-state index is 13.2. The van der Waals surface area contributed by atoms with Gasteiger partial charge in [0.05, 0.1) is 10.6 Å². The van der Waals surface area contributed by atoms with Gasteiger partial charge in [0.15, 0.2) is 0 Å². The monoisotopic (exact) mass is 377 g/mol. The van der Waals surface area contributed by atoms with Crippen LogP contribution < -0.4 is 4.31 Å². The predicted octanol–water partition coefficient (Wildman–Crippen LogP) is 4.43. The molecule has 3 aromatic rings. The molecule has 3 aromatic carbocycles. The van der Waals surface area contributed by atoms with E-state index in [0.29, 0.717) is 5.69 Å². The number of anilines is 1. The number of carbonyl (C=O) groups is 1. The van der Waals surface area contributed by atoms with E-state index in [4.69, 9.17) is 0 Å². The highest BCUT2D eigenvalue weighted by atomic mass is 32.2. The Hall–Kier alpha value is -3.18. The molecule has 4 nitrogen and oxygen atoms in total. The van der Waals surface area contributed by atoms with Crippen LogP contribution in [-0.4, -0.2) is 14.3 Å². The molecule has 0 spiro atoms. The number of aryl methyl sites for hydroxylation is 1. The molecule has 27 heavy (non-hydrogen) atoms. The van der Waals surface area contributed by atoms with E-state index in [-0.39, 0.29) is 4.90 Å². The largest absolute Gasteiger partial charge is 0.271 e. The molecule has 0 aliphatic rings. The Balaban J connectivity index is 2.02. The van der Waals surface area contributed by atoms with E-state index in [1.807, 2.05) is 37.3 Å². The second-order valence-corrected chi connectivity index (χ2v) is 7.79. The van der Waals surface area contributed by atoms with Crippen molar-refractivity contribution in [1.82, 2.24) is 0 Å². The highest BCUT2D eigenvalue weighted by Crippen LogP contribution is 2.24. The third-order valence-corrected chi connectivity index (χ3v) is 5.71. The van der Waals surface area contributed by atoms with Crippen LogP contribution in [0.2, 0.25) is 0 Å². The van der Waals surface area contributed by atoms with Gasteiger partial charge in [0.25, 0.3) is 15.9 Å². The van der Waals surface area contributed by atoms with E-state index in [2.05, 4.69) is 0 Å². The van der Waals surface area contributed by atoms with Crippen LogP contribution in [0.25, 0.3) is 6.08 Å². The zero-order valence-corrected chi connectivity index (χ0v) is 15.6. The summed E-state index contributed by atoms with van der Waals surface area (Å²) in [5.41, 5.74) is 2.04. The molecule has 3 rings (SSSR count). The fourth-order valence-electron chi connectivity index (χ4n) is 2.56. The SMILES string of the molecule is Cc1ccc(S(=O)(=O)N(C(=O)C=Cc2ccccc2)c2ccccc2)cc1. The number of sulfonamides is 1. The molecule has 0 bridgehead atoms. The quantitative estimate of drug-likeness (QED) is 0.618.